The highest BCUT2D eigenvalue weighted by Gasteiger charge is 2.26. The number of aryl methyl sites for hydroxylation is 1. The summed E-state index contributed by atoms with van der Waals surface area (Å²) in [5.74, 6) is -0.00469. The number of nitrogens with one attached hydrogen (secondary N) is 1. The van der Waals surface area contributed by atoms with Gasteiger partial charge in [0.25, 0.3) is 0 Å². The van der Waals surface area contributed by atoms with Gasteiger partial charge in [0.15, 0.2) is 11.6 Å². The average Bonchev–Trinajstić information content (AvgIpc) is 3.02. The molecule has 1 aliphatic heterocycles. The van der Waals surface area contributed by atoms with Crippen LogP contribution < -0.4 is 10.2 Å². The van der Waals surface area contributed by atoms with Crippen molar-refractivity contribution in [3.63, 3.8) is 0 Å². The molecule has 0 bridgehead atoms. The van der Waals surface area contributed by atoms with Gasteiger partial charge in [0, 0.05) is 50.3 Å². The van der Waals surface area contributed by atoms with Gasteiger partial charge in [-0.05, 0) is 25.0 Å². The number of pyridine rings is 1. The van der Waals surface area contributed by atoms with Crippen LogP contribution in [0.2, 0.25) is 0 Å². The molecule has 1 amide bonds. The van der Waals surface area contributed by atoms with E-state index < -0.39 is 0 Å². The van der Waals surface area contributed by atoms with Crippen molar-refractivity contribution in [3.05, 3.63) is 48.4 Å². The molecule has 1 unspecified atom stereocenters. The number of aromatic nitrogens is 3. The number of rotatable bonds is 5. The normalized spacial score (nSPS) is 17.3. The van der Waals surface area contributed by atoms with E-state index in [0.29, 0.717) is 31.7 Å². The Morgan fingerprint density at radius 1 is 1.35 bits per heavy atom. The molecule has 3 heterocycles. The Balaban J connectivity index is 1.48. The van der Waals surface area contributed by atoms with Crippen LogP contribution in [0, 0.1) is 5.82 Å². The van der Waals surface area contributed by atoms with E-state index >= 15 is 0 Å². The van der Waals surface area contributed by atoms with Crippen LogP contribution in [0.25, 0.3) is 0 Å². The largest absolute Gasteiger partial charge is 0.352 e. The molecule has 2 aromatic heterocycles. The monoisotopic (exact) mass is 315 g/mol. The van der Waals surface area contributed by atoms with Crippen molar-refractivity contribution in [1.29, 1.82) is 0 Å². The third kappa shape index (κ3) is 4.00. The first-order chi connectivity index (χ1) is 11.2. The number of halogens is 1. The molecule has 3 rings (SSSR count). The summed E-state index contributed by atoms with van der Waals surface area (Å²) in [6.07, 6.45) is 8.17. The number of hydrogen-bond donors (Lipinski definition) is 1. The van der Waals surface area contributed by atoms with Crippen molar-refractivity contribution in [2.45, 2.75) is 25.3 Å². The van der Waals surface area contributed by atoms with E-state index in [1.54, 1.807) is 30.9 Å². The quantitative estimate of drug-likeness (QED) is 0.901. The summed E-state index contributed by atoms with van der Waals surface area (Å²) in [6, 6.07) is 2.99. The predicted octanol–water partition coefficient (Wildman–Crippen LogP) is 1.34. The van der Waals surface area contributed by atoms with Crippen molar-refractivity contribution < 1.29 is 9.18 Å². The average molecular weight is 315 g/mol. The molecule has 1 saturated heterocycles. The van der Waals surface area contributed by atoms with Crippen LogP contribution in [0.4, 0.5) is 10.2 Å². The fraction of sp³-hybridized carbons (Fsp3) is 0.375. The van der Waals surface area contributed by atoms with Crippen LogP contribution in [-0.2, 0) is 11.2 Å². The van der Waals surface area contributed by atoms with Gasteiger partial charge in [-0.2, -0.15) is 0 Å². The van der Waals surface area contributed by atoms with Crippen molar-refractivity contribution >= 4 is 11.7 Å². The molecule has 1 atom stereocenters. The molecule has 0 aromatic carbocycles. The van der Waals surface area contributed by atoms with Gasteiger partial charge in [-0.3, -0.25) is 14.8 Å². The first kappa shape index (κ1) is 15.3. The number of carbonyl (C=O) groups excluding carboxylic acids is 1. The summed E-state index contributed by atoms with van der Waals surface area (Å²) in [7, 11) is 0. The molecule has 0 saturated carbocycles. The van der Waals surface area contributed by atoms with E-state index in [-0.39, 0.29) is 17.8 Å². The fourth-order valence-corrected chi connectivity index (χ4v) is 2.68. The van der Waals surface area contributed by atoms with Gasteiger partial charge in [0.2, 0.25) is 5.91 Å². The summed E-state index contributed by atoms with van der Waals surface area (Å²) >= 11 is 0. The van der Waals surface area contributed by atoms with Crippen LogP contribution in [0.1, 0.15) is 18.5 Å². The molecule has 23 heavy (non-hydrogen) atoms. The summed E-state index contributed by atoms with van der Waals surface area (Å²) in [5, 5.41) is 2.99. The van der Waals surface area contributed by atoms with Gasteiger partial charge in [-0.25, -0.2) is 9.37 Å². The van der Waals surface area contributed by atoms with Crippen LogP contribution in [0.15, 0.2) is 36.9 Å². The Hall–Kier alpha value is -2.57. The molecular weight excluding hydrogens is 297 g/mol. The van der Waals surface area contributed by atoms with Crippen molar-refractivity contribution in [1.82, 2.24) is 20.3 Å². The lowest BCUT2D eigenvalue weighted by Gasteiger charge is -2.18. The number of anilines is 1. The van der Waals surface area contributed by atoms with E-state index in [9.17, 15) is 9.18 Å². The second kappa shape index (κ2) is 7.13. The first-order valence-electron chi connectivity index (χ1n) is 7.62. The Kier molecular flexibility index (Phi) is 4.75. The van der Waals surface area contributed by atoms with Crippen LogP contribution in [0.3, 0.4) is 0 Å². The standard InChI is InChI=1S/C16H18FN5O/c17-14-2-1-6-20-16(14)22-9-5-13(11-22)21-15(23)4-3-12-10-18-7-8-19-12/h1-2,6-8,10,13H,3-5,9,11H2,(H,21,23). The van der Waals surface area contributed by atoms with E-state index in [1.807, 2.05) is 4.90 Å². The van der Waals surface area contributed by atoms with Crippen LogP contribution in [0.5, 0.6) is 0 Å². The number of hydrogen-bond acceptors (Lipinski definition) is 5. The predicted molar refractivity (Wildman–Crippen MR) is 83.3 cm³/mol. The molecule has 1 aliphatic rings. The summed E-state index contributed by atoms with van der Waals surface area (Å²) in [6.45, 7) is 1.26. The van der Waals surface area contributed by atoms with E-state index in [1.165, 1.54) is 6.07 Å². The van der Waals surface area contributed by atoms with Gasteiger partial charge >= 0.3 is 0 Å². The molecule has 7 heteroatoms. The second-order valence-corrected chi connectivity index (χ2v) is 5.50. The van der Waals surface area contributed by atoms with Crippen molar-refractivity contribution in [3.8, 4) is 0 Å². The third-order valence-electron chi connectivity index (χ3n) is 3.82. The van der Waals surface area contributed by atoms with Crippen LogP contribution >= 0.6 is 0 Å². The minimum Gasteiger partial charge on any atom is -0.352 e. The van der Waals surface area contributed by atoms with Gasteiger partial charge in [-0.15, -0.1) is 0 Å². The smallest absolute Gasteiger partial charge is 0.220 e. The van der Waals surface area contributed by atoms with Gasteiger partial charge < -0.3 is 10.2 Å². The molecular formula is C16H18FN5O. The zero-order valence-corrected chi connectivity index (χ0v) is 12.7. The SMILES string of the molecule is O=C(CCc1cnccn1)NC1CCN(c2ncccc2F)C1. The third-order valence-corrected chi connectivity index (χ3v) is 3.82. The first-order valence-corrected chi connectivity index (χ1v) is 7.62. The highest BCUT2D eigenvalue weighted by molar-refractivity contribution is 5.76. The van der Waals surface area contributed by atoms with Crippen molar-refractivity contribution in [2.75, 3.05) is 18.0 Å². The molecule has 0 radical (unpaired) electrons. The minimum atomic E-state index is -0.331. The molecule has 6 nitrogen and oxygen atoms in total. The lowest BCUT2D eigenvalue weighted by atomic mass is 10.2. The summed E-state index contributed by atoms with van der Waals surface area (Å²) < 4.78 is 13.7. The number of nitrogens with zero attached hydrogens (tertiary/aromatic N) is 4. The Bertz CT molecular complexity index is 667. The van der Waals surface area contributed by atoms with E-state index in [2.05, 4.69) is 20.3 Å². The van der Waals surface area contributed by atoms with Crippen molar-refractivity contribution in [2.24, 2.45) is 0 Å². The summed E-state index contributed by atoms with van der Waals surface area (Å²) in [5.41, 5.74) is 0.797. The molecule has 1 N–H and O–H groups in total. The van der Waals surface area contributed by atoms with Crippen LogP contribution in [-0.4, -0.2) is 40.0 Å². The maximum Gasteiger partial charge on any atom is 0.220 e. The van der Waals surface area contributed by atoms with E-state index in [0.717, 1.165) is 12.1 Å². The Morgan fingerprint density at radius 3 is 3.04 bits per heavy atom. The molecule has 2 aromatic rings. The molecule has 120 valence electrons. The highest BCUT2D eigenvalue weighted by atomic mass is 19.1. The maximum absolute atomic E-state index is 13.7. The second-order valence-electron chi connectivity index (χ2n) is 5.50. The molecule has 0 spiro atoms. The van der Waals surface area contributed by atoms with Gasteiger partial charge in [0.1, 0.15) is 0 Å². The Labute approximate surface area is 133 Å². The topological polar surface area (TPSA) is 71.0 Å². The molecule has 1 fully saturated rings. The summed E-state index contributed by atoms with van der Waals surface area (Å²) in [4.78, 5) is 26.1. The number of amides is 1. The van der Waals surface area contributed by atoms with Gasteiger partial charge in [0.05, 0.1) is 5.69 Å². The molecule has 0 aliphatic carbocycles. The zero-order chi connectivity index (χ0) is 16.1. The minimum absolute atomic E-state index is 0.0192. The van der Waals surface area contributed by atoms with E-state index in [4.69, 9.17) is 0 Å². The van der Waals surface area contributed by atoms with Gasteiger partial charge in [-0.1, -0.05) is 0 Å². The maximum atomic E-state index is 13.7. The highest BCUT2D eigenvalue weighted by Crippen LogP contribution is 2.20. The lowest BCUT2D eigenvalue weighted by molar-refractivity contribution is -0.121. The number of carbonyl (C=O) groups is 1. The fourth-order valence-electron chi connectivity index (χ4n) is 2.68. The Morgan fingerprint density at radius 2 is 2.26 bits per heavy atom. The lowest BCUT2D eigenvalue weighted by Crippen LogP contribution is -2.37. The zero-order valence-electron chi connectivity index (χ0n) is 12.7.